The Labute approximate surface area is 117 Å². The summed E-state index contributed by atoms with van der Waals surface area (Å²) < 4.78 is 1.89. The van der Waals surface area contributed by atoms with E-state index in [2.05, 4.69) is 20.4 Å². The fourth-order valence-electron chi connectivity index (χ4n) is 1.96. The summed E-state index contributed by atoms with van der Waals surface area (Å²) in [6.45, 7) is 2.71. The monoisotopic (exact) mass is 265 g/mol. The lowest BCUT2D eigenvalue weighted by Crippen LogP contribution is -1.99. The molecule has 100 valence electrons. The van der Waals surface area contributed by atoms with Crippen molar-refractivity contribution in [3.63, 3.8) is 0 Å². The van der Waals surface area contributed by atoms with E-state index in [0.717, 1.165) is 23.6 Å². The van der Waals surface area contributed by atoms with E-state index in [1.807, 2.05) is 48.3 Å². The number of hydrogen-bond donors (Lipinski definition) is 1. The molecule has 0 bridgehead atoms. The zero-order chi connectivity index (χ0) is 13.8. The molecule has 0 aromatic carbocycles. The summed E-state index contributed by atoms with van der Waals surface area (Å²) >= 11 is 0. The largest absolute Gasteiger partial charge is 0.351 e. The standard InChI is InChI=1S/C15H15N5/c1-12-15(3-2-6-17-12)19-14-9-18-20(11-14)10-13-4-7-16-8-5-13/h2-9,11,19H,10H2,1H3. The van der Waals surface area contributed by atoms with Crippen LogP contribution in [0.2, 0.25) is 0 Å². The Morgan fingerprint density at radius 3 is 2.80 bits per heavy atom. The Bertz CT molecular complexity index is 690. The van der Waals surface area contributed by atoms with Crippen molar-refractivity contribution in [3.8, 4) is 0 Å². The number of pyridine rings is 2. The molecule has 3 heterocycles. The van der Waals surface area contributed by atoms with Gasteiger partial charge < -0.3 is 5.32 Å². The van der Waals surface area contributed by atoms with Crippen LogP contribution >= 0.6 is 0 Å². The molecule has 1 N–H and O–H groups in total. The molecule has 0 aliphatic heterocycles. The highest BCUT2D eigenvalue weighted by Crippen LogP contribution is 2.18. The van der Waals surface area contributed by atoms with E-state index in [9.17, 15) is 0 Å². The number of nitrogens with zero attached hydrogens (tertiary/aromatic N) is 4. The summed E-state index contributed by atoms with van der Waals surface area (Å²) in [5, 5.41) is 7.67. The van der Waals surface area contributed by atoms with Crippen LogP contribution in [-0.4, -0.2) is 19.7 Å². The Hall–Kier alpha value is -2.69. The maximum atomic E-state index is 4.35. The topological polar surface area (TPSA) is 55.6 Å². The molecule has 3 aromatic rings. The van der Waals surface area contributed by atoms with E-state index >= 15 is 0 Å². The van der Waals surface area contributed by atoms with Gasteiger partial charge in [0.2, 0.25) is 0 Å². The molecule has 0 unspecified atom stereocenters. The fourth-order valence-corrected chi connectivity index (χ4v) is 1.96. The zero-order valence-corrected chi connectivity index (χ0v) is 11.2. The molecule has 5 nitrogen and oxygen atoms in total. The highest BCUT2D eigenvalue weighted by Gasteiger charge is 2.02. The molecule has 0 radical (unpaired) electrons. The Kier molecular flexibility index (Phi) is 3.41. The van der Waals surface area contributed by atoms with Crippen LogP contribution in [0.25, 0.3) is 0 Å². The average Bonchev–Trinajstić information content (AvgIpc) is 2.90. The van der Waals surface area contributed by atoms with Gasteiger partial charge in [0.25, 0.3) is 0 Å². The molecule has 3 aromatic heterocycles. The van der Waals surface area contributed by atoms with Gasteiger partial charge in [0.05, 0.1) is 29.8 Å². The smallest absolute Gasteiger partial charge is 0.0771 e. The van der Waals surface area contributed by atoms with Crippen LogP contribution in [-0.2, 0) is 6.54 Å². The molecule has 0 fully saturated rings. The normalized spacial score (nSPS) is 10.4. The summed E-state index contributed by atoms with van der Waals surface area (Å²) in [6.07, 6.45) is 9.15. The molecule has 0 saturated carbocycles. The SMILES string of the molecule is Cc1ncccc1Nc1cnn(Cc2ccncc2)c1. The zero-order valence-electron chi connectivity index (χ0n) is 11.2. The predicted molar refractivity (Wildman–Crippen MR) is 77.8 cm³/mol. The van der Waals surface area contributed by atoms with Gasteiger partial charge in [0, 0.05) is 24.8 Å². The molecule has 0 spiro atoms. The van der Waals surface area contributed by atoms with E-state index in [1.165, 1.54) is 5.56 Å². The summed E-state index contributed by atoms with van der Waals surface area (Å²) in [4.78, 5) is 8.26. The molecule has 5 heteroatoms. The van der Waals surface area contributed by atoms with Crippen LogP contribution in [0.3, 0.4) is 0 Å². The van der Waals surface area contributed by atoms with Crippen LogP contribution in [0.5, 0.6) is 0 Å². The van der Waals surface area contributed by atoms with Crippen LogP contribution in [0.1, 0.15) is 11.3 Å². The molecule has 20 heavy (non-hydrogen) atoms. The average molecular weight is 265 g/mol. The van der Waals surface area contributed by atoms with Gasteiger partial charge in [-0.2, -0.15) is 5.10 Å². The Morgan fingerprint density at radius 1 is 1.15 bits per heavy atom. The number of nitrogens with one attached hydrogen (secondary N) is 1. The summed E-state index contributed by atoms with van der Waals surface area (Å²) in [5.74, 6) is 0. The Balaban J connectivity index is 1.73. The van der Waals surface area contributed by atoms with Crippen molar-refractivity contribution in [2.24, 2.45) is 0 Å². The van der Waals surface area contributed by atoms with Gasteiger partial charge in [-0.25, -0.2) is 0 Å². The third kappa shape index (κ3) is 2.83. The van der Waals surface area contributed by atoms with Gasteiger partial charge in [-0.3, -0.25) is 14.6 Å². The first-order valence-electron chi connectivity index (χ1n) is 6.41. The minimum absolute atomic E-state index is 0.732. The molecule has 0 amide bonds. The van der Waals surface area contributed by atoms with Crippen molar-refractivity contribution >= 4 is 11.4 Å². The van der Waals surface area contributed by atoms with E-state index in [-0.39, 0.29) is 0 Å². The van der Waals surface area contributed by atoms with Gasteiger partial charge in [-0.1, -0.05) is 0 Å². The van der Waals surface area contributed by atoms with E-state index in [4.69, 9.17) is 0 Å². The van der Waals surface area contributed by atoms with Crippen molar-refractivity contribution in [2.45, 2.75) is 13.5 Å². The molecule has 0 aliphatic carbocycles. The number of aryl methyl sites for hydroxylation is 1. The summed E-state index contributed by atoms with van der Waals surface area (Å²) in [6, 6.07) is 7.89. The van der Waals surface area contributed by atoms with Crippen molar-refractivity contribution < 1.29 is 0 Å². The molecule has 0 aliphatic rings. The first-order chi connectivity index (χ1) is 9.81. The highest BCUT2D eigenvalue weighted by atomic mass is 15.3. The first kappa shape index (κ1) is 12.3. The number of hydrogen-bond acceptors (Lipinski definition) is 4. The number of rotatable bonds is 4. The number of aromatic nitrogens is 4. The predicted octanol–water partition coefficient (Wildman–Crippen LogP) is 2.77. The van der Waals surface area contributed by atoms with Gasteiger partial charge in [-0.05, 0) is 36.8 Å². The van der Waals surface area contributed by atoms with Crippen LogP contribution in [0.15, 0.2) is 55.2 Å². The van der Waals surface area contributed by atoms with Crippen molar-refractivity contribution in [2.75, 3.05) is 5.32 Å². The van der Waals surface area contributed by atoms with Crippen LogP contribution in [0.4, 0.5) is 11.4 Å². The van der Waals surface area contributed by atoms with Gasteiger partial charge in [-0.15, -0.1) is 0 Å². The van der Waals surface area contributed by atoms with Gasteiger partial charge >= 0.3 is 0 Å². The molecular weight excluding hydrogens is 250 g/mol. The number of anilines is 2. The van der Waals surface area contributed by atoms with Gasteiger partial charge in [0.1, 0.15) is 0 Å². The third-order valence-corrected chi connectivity index (χ3v) is 3.01. The maximum Gasteiger partial charge on any atom is 0.0771 e. The van der Waals surface area contributed by atoms with Crippen molar-refractivity contribution in [3.05, 3.63) is 66.5 Å². The third-order valence-electron chi connectivity index (χ3n) is 3.01. The fraction of sp³-hybridized carbons (Fsp3) is 0.133. The lowest BCUT2D eigenvalue weighted by Gasteiger charge is -2.05. The van der Waals surface area contributed by atoms with Crippen LogP contribution < -0.4 is 5.32 Å². The second kappa shape index (κ2) is 5.52. The maximum absolute atomic E-state index is 4.35. The van der Waals surface area contributed by atoms with E-state index < -0.39 is 0 Å². The van der Waals surface area contributed by atoms with E-state index in [1.54, 1.807) is 18.6 Å². The molecule has 0 atom stereocenters. The lowest BCUT2D eigenvalue weighted by molar-refractivity contribution is 0.686. The van der Waals surface area contributed by atoms with Crippen molar-refractivity contribution in [1.29, 1.82) is 0 Å². The Morgan fingerprint density at radius 2 is 2.00 bits per heavy atom. The van der Waals surface area contributed by atoms with Crippen LogP contribution in [0, 0.1) is 6.92 Å². The lowest BCUT2D eigenvalue weighted by atomic mass is 10.3. The second-order valence-electron chi connectivity index (χ2n) is 4.54. The molecular formula is C15H15N5. The minimum atomic E-state index is 0.732. The minimum Gasteiger partial charge on any atom is -0.351 e. The first-order valence-corrected chi connectivity index (χ1v) is 6.41. The second-order valence-corrected chi connectivity index (χ2v) is 4.54. The molecule has 0 saturated heterocycles. The molecule has 3 rings (SSSR count). The highest BCUT2D eigenvalue weighted by molar-refractivity contribution is 5.59. The summed E-state index contributed by atoms with van der Waals surface area (Å²) in [5.41, 5.74) is 4.09. The quantitative estimate of drug-likeness (QED) is 0.788. The van der Waals surface area contributed by atoms with Gasteiger partial charge in [0.15, 0.2) is 0 Å². The van der Waals surface area contributed by atoms with E-state index in [0.29, 0.717) is 0 Å². The summed E-state index contributed by atoms with van der Waals surface area (Å²) in [7, 11) is 0. The van der Waals surface area contributed by atoms with Crippen molar-refractivity contribution in [1.82, 2.24) is 19.7 Å².